The van der Waals surface area contributed by atoms with Crippen molar-refractivity contribution in [3.8, 4) is 5.75 Å². The van der Waals surface area contributed by atoms with Crippen LogP contribution in [0.3, 0.4) is 0 Å². The first-order valence-electron chi connectivity index (χ1n) is 11.2. The van der Waals surface area contributed by atoms with E-state index in [0.717, 1.165) is 29.9 Å². The van der Waals surface area contributed by atoms with E-state index >= 15 is 0 Å². The Bertz CT molecular complexity index is 950. The lowest BCUT2D eigenvalue weighted by Gasteiger charge is -2.57. The highest BCUT2D eigenvalue weighted by molar-refractivity contribution is 7.92. The van der Waals surface area contributed by atoms with Crippen LogP contribution in [0.4, 0.5) is 5.69 Å². The highest BCUT2D eigenvalue weighted by atomic mass is 32.2. The normalized spacial score (nSPS) is 29.7. The minimum absolute atomic E-state index is 0.339. The number of anilines is 1. The summed E-state index contributed by atoms with van der Waals surface area (Å²) in [5.74, 6) is 3.35. The fourth-order valence-electron chi connectivity index (χ4n) is 6.79. The number of benzene rings is 2. The Morgan fingerprint density at radius 1 is 0.900 bits per heavy atom. The number of hydrogen-bond acceptors (Lipinski definition) is 3. The zero-order valence-electron chi connectivity index (χ0n) is 17.7. The van der Waals surface area contributed by atoms with Crippen LogP contribution in [0.5, 0.6) is 5.75 Å². The van der Waals surface area contributed by atoms with Gasteiger partial charge < -0.3 is 4.74 Å². The first kappa shape index (κ1) is 19.9. The molecule has 0 aromatic heterocycles. The van der Waals surface area contributed by atoms with Crippen molar-refractivity contribution in [3.05, 3.63) is 54.6 Å². The van der Waals surface area contributed by atoms with Crippen molar-refractivity contribution in [2.75, 3.05) is 18.0 Å². The van der Waals surface area contributed by atoms with E-state index in [0.29, 0.717) is 22.5 Å². The van der Waals surface area contributed by atoms with E-state index in [9.17, 15) is 8.42 Å². The Balaban J connectivity index is 1.44. The van der Waals surface area contributed by atoms with Gasteiger partial charge in [0.15, 0.2) is 0 Å². The van der Waals surface area contributed by atoms with Gasteiger partial charge in [-0.3, -0.25) is 4.31 Å². The molecule has 4 aliphatic rings. The molecule has 2 aromatic carbocycles. The summed E-state index contributed by atoms with van der Waals surface area (Å²) in [6, 6.07) is 16.2. The molecule has 30 heavy (non-hydrogen) atoms. The zero-order valence-corrected chi connectivity index (χ0v) is 18.5. The molecule has 0 atom stereocenters. The largest absolute Gasteiger partial charge is 0.497 e. The van der Waals surface area contributed by atoms with Crippen LogP contribution in [0.2, 0.25) is 0 Å². The number of sulfonamides is 1. The van der Waals surface area contributed by atoms with Crippen LogP contribution in [0.15, 0.2) is 59.5 Å². The molecular formula is C25H31NO3S. The third-order valence-corrected chi connectivity index (χ3v) is 9.54. The standard InChI is InChI=1S/C25H31NO3S/c1-29-23-9-7-22(8-10-23)26(30(27,28)24-5-3-2-4-6-24)12-11-25-16-19-13-20(17-25)15-21(14-19)18-25/h2-10,19-21H,11-18H2,1H3. The molecule has 5 heteroatoms. The summed E-state index contributed by atoms with van der Waals surface area (Å²) in [4.78, 5) is 0.353. The first-order chi connectivity index (χ1) is 14.5. The average Bonchev–Trinajstić information content (AvgIpc) is 2.74. The molecule has 0 saturated heterocycles. The fraction of sp³-hybridized carbons (Fsp3) is 0.520. The average molecular weight is 426 g/mol. The van der Waals surface area contributed by atoms with E-state index in [4.69, 9.17) is 4.74 Å². The molecular weight excluding hydrogens is 394 g/mol. The highest BCUT2D eigenvalue weighted by Gasteiger charge is 2.50. The van der Waals surface area contributed by atoms with E-state index in [1.807, 2.05) is 30.3 Å². The van der Waals surface area contributed by atoms with Crippen LogP contribution in [0.1, 0.15) is 44.9 Å². The summed E-state index contributed by atoms with van der Waals surface area (Å²) in [6.45, 7) is 0.537. The van der Waals surface area contributed by atoms with Crippen molar-refractivity contribution in [3.63, 3.8) is 0 Å². The molecule has 4 nitrogen and oxygen atoms in total. The Morgan fingerprint density at radius 2 is 1.47 bits per heavy atom. The van der Waals surface area contributed by atoms with Crippen LogP contribution < -0.4 is 9.04 Å². The van der Waals surface area contributed by atoms with Gasteiger partial charge in [-0.25, -0.2) is 8.42 Å². The number of hydrogen-bond donors (Lipinski definition) is 0. The molecule has 0 spiro atoms. The van der Waals surface area contributed by atoms with Gasteiger partial charge in [-0.05, 0) is 105 Å². The van der Waals surface area contributed by atoms with Crippen molar-refractivity contribution >= 4 is 15.7 Å². The summed E-state index contributed by atoms with van der Waals surface area (Å²) in [6.07, 6.45) is 9.05. The number of ether oxygens (including phenoxy) is 1. The van der Waals surface area contributed by atoms with Gasteiger partial charge in [0.2, 0.25) is 0 Å². The van der Waals surface area contributed by atoms with E-state index in [1.54, 1.807) is 35.7 Å². The van der Waals surface area contributed by atoms with Crippen LogP contribution in [0, 0.1) is 23.2 Å². The summed E-state index contributed by atoms with van der Waals surface area (Å²) in [5, 5.41) is 0. The van der Waals surface area contributed by atoms with Crippen molar-refractivity contribution < 1.29 is 13.2 Å². The van der Waals surface area contributed by atoms with Crippen LogP contribution in [-0.2, 0) is 10.0 Å². The lowest BCUT2D eigenvalue weighted by atomic mass is 9.49. The van der Waals surface area contributed by atoms with Crippen LogP contribution in [0.25, 0.3) is 0 Å². The molecule has 2 aromatic rings. The molecule has 4 bridgehead atoms. The van der Waals surface area contributed by atoms with E-state index in [2.05, 4.69) is 0 Å². The molecule has 0 N–H and O–H groups in total. The topological polar surface area (TPSA) is 46.6 Å². The third kappa shape index (κ3) is 3.62. The molecule has 160 valence electrons. The molecule has 6 rings (SSSR count). The van der Waals surface area contributed by atoms with Crippen LogP contribution >= 0.6 is 0 Å². The molecule has 0 unspecified atom stereocenters. The molecule has 4 fully saturated rings. The third-order valence-electron chi connectivity index (χ3n) is 7.70. The van der Waals surface area contributed by atoms with Gasteiger partial charge >= 0.3 is 0 Å². The smallest absolute Gasteiger partial charge is 0.264 e. The molecule has 4 aliphatic carbocycles. The maximum Gasteiger partial charge on any atom is 0.264 e. The van der Waals surface area contributed by atoms with Crippen molar-refractivity contribution in [2.24, 2.45) is 23.2 Å². The number of nitrogens with zero attached hydrogens (tertiary/aromatic N) is 1. The molecule has 4 saturated carbocycles. The Morgan fingerprint density at radius 3 is 2.00 bits per heavy atom. The van der Waals surface area contributed by atoms with Gasteiger partial charge in [-0.2, -0.15) is 0 Å². The van der Waals surface area contributed by atoms with Crippen molar-refractivity contribution in [1.82, 2.24) is 0 Å². The number of methoxy groups -OCH3 is 1. The van der Waals surface area contributed by atoms with Gasteiger partial charge in [-0.15, -0.1) is 0 Å². The maximum absolute atomic E-state index is 13.6. The Hall–Kier alpha value is -2.01. The monoisotopic (exact) mass is 425 g/mol. The first-order valence-corrected chi connectivity index (χ1v) is 12.6. The van der Waals surface area contributed by atoms with Gasteiger partial charge in [0.05, 0.1) is 17.7 Å². The second-order valence-corrected chi connectivity index (χ2v) is 11.6. The highest BCUT2D eigenvalue weighted by Crippen LogP contribution is 2.61. The second-order valence-electron chi connectivity index (χ2n) is 9.76. The van der Waals surface area contributed by atoms with E-state index < -0.39 is 10.0 Å². The molecule has 0 heterocycles. The lowest BCUT2D eigenvalue weighted by Crippen LogP contribution is -2.47. The zero-order chi connectivity index (χ0) is 20.8. The number of rotatable bonds is 7. The lowest BCUT2D eigenvalue weighted by molar-refractivity contribution is -0.0555. The van der Waals surface area contributed by atoms with Crippen molar-refractivity contribution in [2.45, 2.75) is 49.8 Å². The SMILES string of the molecule is COc1ccc(N(CCC23CC4CC(CC(C4)C2)C3)S(=O)(=O)c2ccccc2)cc1. The van der Waals surface area contributed by atoms with E-state index in [1.165, 1.54) is 38.5 Å². The minimum Gasteiger partial charge on any atom is -0.497 e. The van der Waals surface area contributed by atoms with Gasteiger partial charge in [0.25, 0.3) is 10.0 Å². The van der Waals surface area contributed by atoms with E-state index in [-0.39, 0.29) is 0 Å². The van der Waals surface area contributed by atoms with Crippen molar-refractivity contribution in [1.29, 1.82) is 0 Å². The Kier molecular flexibility index (Phi) is 5.04. The summed E-state index contributed by atoms with van der Waals surface area (Å²) in [5.41, 5.74) is 1.05. The fourth-order valence-corrected chi connectivity index (χ4v) is 8.28. The quantitative estimate of drug-likeness (QED) is 0.589. The van der Waals surface area contributed by atoms with Gasteiger partial charge in [0, 0.05) is 6.54 Å². The van der Waals surface area contributed by atoms with Gasteiger partial charge in [-0.1, -0.05) is 18.2 Å². The second kappa shape index (κ2) is 7.60. The molecule has 0 amide bonds. The summed E-state index contributed by atoms with van der Waals surface area (Å²) < 4.78 is 34.1. The maximum atomic E-state index is 13.6. The molecule has 0 radical (unpaired) electrons. The van der Waals surface area contributed by atoms with Crippen LogP contribution in [-0.4, -0.2) is 22.1 Å². The predicted octanol–water partition coefficient (Wildman–Crippen LogP) is 5.50. The summed E-state index contributed by atoms with van der Waals surface area (Å²) >= 11 is 0. The predicted molar refractivity (Wildman–Crippen MR) is 119 cm³/mol. The van der Waals surface area contributed by atoms with Gasteiger partial charge in [0.1, 0.15) is 5.75 Å². The molecule has 0 aliphatic heterocycles. The summed E-state index contributed by atoms with van der Waals surface area (Å²) in [7, 11) is -1.99. The Labute approximate surface area is 180 Å². The minimum atomic E-state index is -3.61.